The molecule has 17 heteroatoms. The van der Waals surface area contributed by atoms with Crippen molar-refractivity contribution in [2.24, 2.45) is 0 Å². The molecule has 0 saturated heterocycles. The van der Waals surface area contributed by atoms with Crippen LogP contribution in [-0.2, 0) is 16.0 Å². The second-order valence-corrected chi connectivity index (χ2v) is 10.1. The maximum Gasteiger partial charge on any atom is 0.411 e. The number of amides is 1. The molecule has 3 N–H and O–H groups in total. The van der Waals surface area contributed by atoms with Gasteiger partial charge in [0.2, 0.25) is 0 Å². The maximum atomic E-state index is 13.4. The van der Waals surface area contributed by atoms with Crippen LogP contribution in [0.15, 0.2) is 53.6 Å². The van der Waals surface area contributed by atoms with Crippen LogP contribution >= 0.6 is 34.8 Å². The Morgan fingerprint density at radius 3 is 2.63 bits per heavy atom. The van der Waals surface area contributed by atoms with E-state index in [0.717, 1.165) is 0 Å². The molecule has 0 saturated carbocycles. The number of aryl methyl sites for hydroxylation is 1. The molecule has 1 aromatic carbocycles. The minimum absolute atomic E-state index is 0.228. The number of halogens is 3. The van der Waals surface area contributed by atoms with Crippen molar-refractivity contribution >= 4 is 53.1 Å². The van der Waals surface area contributed by atoms with Gasteiger partial charge in [-0.1, -0.05) is 40.0 Å². The molecule has 43 heavy (non-hydrogen) atoms. The number of hydrogen-bond donors (Lipinski definition) is 3. The molecule has 5 aromatic rings. The number of aromatic amines is 1. The number of carbonyl (C=O) groups is 2. The summed E-state index contributed by atoms with van der Waals surface area (Å²) in [6.07, 6.45) is 3.55. The zero-order valence-corrected chi connectivity index (χ0v) is 24.3. The summed E-state index contributed by atoms with van der Waals surface area (Å²) in [5, 5.41) is 18.3. The van der Waals surface area contributed by atoms with Crippen LogP contribution in [0.4, 0.5) is 10.5 Å². The average Bonchev–Trinajstić information content (AvgIpc) is 3.72. The number of imidazole rings is 1. The fraction of sp³-hybridized carbons (Fsp3) is 0.154. The van der Waals surface area contributed by atoms with Gasteiger partial charge >= 0.3 is 6.09 Å². The molecule has 1 amide bonds. The Hall–Kier alpha value is -4.79. The third-order valence-corrected chi connectivity index (χ3v) is 7.04. The van der Waals surface area contributed by atoms with Crippen molar-refractivity contribution in [1.29, 1.82) is 0 Å². The topological polar surface area (TPSA) is 183 Å². The molecule has 0 spiro atoms. The highest BCUT2D eigenvalue weighted by Gasteiger charge is 2.30. The second kappa shape index (κ2) is 12.6. The van der Waals surface area contributed by atoms with Crippen LogP contribution in [0.3, 0.4) is 0 Å². The van der Waals surface area contributed by atoms with E-state index in [2.05, 4.69) is 35.3 Å². The van der Waals surface area contributed by atoms with Crippen LogP contribution in [0, 0.1) is 0 Å². The lowest BCUT2D eigenvalue weighted by Gasteiger charge is -2.14. The zero-order chi connectivity index (χ0) is 30.7. The Labute approximate surface area is 257 Å². The number of benzene rings is 1. The predicted octanol–water partition coefficient (Wildman–Crippen LogP) is 4.65. The number of H-pyrrole nitrogens is 1. The third-order valence-electron chi connectivity index (χ3n) is 6.36. The van der Waals surface area contributed by atoms with E-state index in [1.54, 1.807) is 41.1 Å². The van der Waals surface area contributed by atoms with Gasteiger partial charge in [0.25, 0.3) is 12.0 Å². The molecule has 6 rings (SSSR count). The van der Waals surface area contributed by atoms with Crippen molar-refractivity contribution in [1.82, 2.24) is 39.5 Å². The van der Waals surface area contributed by atoms with Crippen molar-refractivity contribution < 1.29 is 19.4 Å². The number of anilines is 1. The van der Waals surface area contributed by atoms with Crippen molar-refractivity contribution in [3.63, 3.8) is 0 Å². The number of nitrogens with one attached hydrogen (secondary N) is 2. The summed E-state index contributed by atoms with van der Waals surface area (Å²) in [5.41, 5.74) is 2.79. The first-order valence-corrected chi connectivity index (χ1v) is 13.5. The van der Waals surface area contributed by atoms with E-state index in [4.69, 9.17) is 49.7 Å². The van der Waals surface area contributed by atoms with E-state index in [1.165, 1.54) is 24.1 Å². The molecule has 220 valence electrons. The van der Waals surface area contributed by atoms with Crippen LogP contribution in [-0.4, -0.2) is 64.3 Å². The van der Waals surface area contributed by atoms with Gasteiger partial charge in [-0.2, -0.15) is 0 Å². The molecule has 0 radical (unpaired) electrons. The monoisotopic (exact) mass is 643 g/mol. The Morgan fingerprint density at radius 1 is 1.16 bits per heavy atom. The van der Waals surface area contributed by atoms with Gasteiger partial charge in [-0.15, -0.1) is 5.10 Å². The molecule has 1 atom stereocenters. The first-order chi connectivity index (χ1) is 20.7. The van der Waals surface area contributed by atoms with Gasteiger partial charge in [-0.25, -0.2) is 19.4 Å². The Balaban J connectivity index is 0.00000118. The van der Waals surface area contributed by atoms with Crippen LogP contribution in [0.1, 0.15) is 24.1 Å². The predicted molar refractivity (Wildman–Crippen MR) is 157 cm³/mol. The Kier molecular flexibility index (Phi) is 8.71. The highest BCUT2D eigenvalue weighted by atomic mass is 35.5. The van der Waals surface area contributed by atoms with Gasteiger partial charge in [0.1, 0.15) is 22.5 Å². The summed E-state index contributed by atoms with van der Waals surface area (Å²) in [5.74, 6) is 1.11. The van der Waals surface area contributed by atoms with Crippen molar-refractivity contribution in [3.8, 4) is 28.3 Å². The average molecular weight is 645 g/mol. The summed E-state index contributed by atoms with van der Waals surface area (Å²) in [4.78, 5) is 50.1. The molecule has 0 unspecified atom stereocenters. The second-order valence-electron chi connectivity index (χ2n) is 8.91. The van der Waals surface area contributed by atoms with Crippen LogP contribution in [0.25, 0.3) is 28.3 Å². The SMILES string of the molecule is COC(=O)Nc1ccc(-c2nc([C@@H]3CCc4nc(-c5cc(Cl)ccc5-n5cc(Cl)nn5)cc(=O)n43)[nH]c2Cl)nc1.O=CO. The standard InChI is InChI=1S/C25H18Cl3N9O3.CH2O2/c1-40-25(39)30-13-3-4-15(29-10-13)22-23(28)33-24(32-22)18-6-7-20-31-16(9-21(38)37(18)20)14-8-12(26)2-5-17(14)36-11-19(27)34-35-36;2-1-3/h2-5,8-11,18H,6-7H2,1H3,(H,30,39)(H,32,33);1H,(H,2,3)/t18-;/m0./s1. The van der Waals surface area contributed by atoms with Gasteiger partial charge in [0.15, 0.2) is 5.15 Å². The first kappa shape index (κ1) is 29.7. The van der Waals surface area contributed by atoms with Gasteiger partial charge in [-0.3, -0.25) is 24.5 Å². The van der Waals surface area contributed by atoms with E-state index < -0.39 is 12.1 Å². The molecular formula is C26H20Cl3N9O5. The molecule has 1 aliphatic rings. The number of fused-ring (bicyclic) bond motifs is 1. The number of carbonyl (C=O) groups excluding carboxylic acids is 1. The summed E-state index contributed by atoms with van der Waals surface area (Å²) >= 11 is 18.7. The number of methoxy groups -OCH3 is 1. The zero-order valence-electron chi connectivity index (χ0n) is 22.0. The van der Waals surface area contributed by atoms with Crippen LogP contribution in [0.5, 0.6) is 0 Å². The molecule has 4 aromatic heterocycles. The number of nitrogens with zero attached hydrogens (tertiary/aromatic N) is 7. The number of rotatable bonds is 5. The van der Waals surface area contributed by atoms with E-state index in [9.17, 15) is 9.59 Å². The van der Waals surface area contributed by atoms with Crippen molar-refractivity contribution in [2.75, 3.05) is 12.4 Å². The van der Waals surface area contributed by atoms with E-state index in [-0.39, 0.29) is 22.3 Å². The summed E-state index contributed by atoms with van der Waals surface area (Å²) < 4.78 is 7.69. The molecule has 0 aliphatic carbocycles. The lowest BCUT2D eigenvalue weighted by Crippen LogP contribution is -2.25. The molecule has 0 bridgehead atoms. The highest BCUT2D eigenvalue weighted by molar-refractivity contribution is 6.32. The van der Waals surface area contributed by atoms with Gasteiger partial charge in [0, 0.05) is 23.1 Å². The fourth-order valence-electron chi connectivity index (χ4n) is 4.59. The smallest absolute Gasteiger partial charge is 0.411 e. The quantitative estimate of drug-likeness (QED) is 0.228. The molecule has 0 fully saturated rings. The summed E-state index contributed by atoms with van der Waals surface area (Å²) in [7, 11) is 1.27. The normalized spacial score (nSPS) is 13.5. The third kappa shape index (κ3) is 6.21. The van der Waals surface area contributed by atoms with Gasteiger partial charge in [0.05, 0.1) is 48.3 Å². The van der Waals surface area contributed by atoms with E-state index >= 15 is 0 Å². The fourth-order valence-corrected chi connectivity index (χ4v) is 5.12. The number of hydrogen-bond acceptors (Lipinski definition) is 9. The molecule has 1 aliphatic heterocycles. The minimum Gasteiger partial charge on any atom is -0.483 e. The van der Waals surface area contributed by atoms with E-state index in [0.29, 0.717) is 63.5 Å². The lowest BCUT2D eigenvalue weighted by molar-refractivity contribution is -0.122. The number of aromatic nitrogens is 8. The summed E-state index contributed by atoms with van der Waals surface area (Å²) in [6, 6.07) is 9.57. The lowest BCUT2D eigenvalue weighted by atomic mass is 10.1. The largest absolute Gasteiger partial charge is 0.483 e. The molecule has 14 nitrogen and oxygen atoms in total. The maximum absolute atomic E-state index is 13.4. The van der Waals surface area contributed by atoms with E-state index in [1.807, 2.05) is 0 Å². The number of pyridine rings is 1. The molecule has 5 heterocycles. The Bertz CT molecular complexity index is 1870. The summed E-state index contributed by atoms with van der Waals surface area (Å²) in [6.45, 7) is -0.250. The van der Waals surface area contributed by atoms with Crippen molar-refractivity contribution in [3.05, 3.63) is 86.1 Å². The van der Waals surface area contributed by atoms with Gasteiger partial charge < -0.3 is 14.8 Å². The van der Waals surface area contributed by atoms with Crippen LogP contribution in [0.2, 0.25) is 15.3 Å². The number of ether oxygens (including phenoxy) is 1. The molecular weight excluding hydrogens is 625 g/mol. The Morgan fingerprint density at radius 2 is 1.95 bits per heavy atom. The van der Waals surface area contributed by atoms with Crippen molar-refractivity contribution in [2.45, 2.75) is 18.9 Å². The van der Waals surface area contributed by atoms with Crippen LogP contribution < -0.4 is 10.9 Å². The van der Waals surface area contributed by atoms with Gasteiger partial charge in [-0.05, 0) is 36.8 Å². The minimum atomic E-state index is -0.605. The first-order valence-electron chi connectivity index (χ1n) is 12.4. The number of carboxylic acid groups (broad SMARTS) is 1. The highest BCUT2D eigenvalue weighted by Crippen LogP contribution is 2.34.